The van der Waals surface area contributed by atoms with Gasteiger partial charge >= 0.3 is 11.2 Å². The maximum Gasteiger partial charge on any atom is 0.333 e. The lowest BCUT2D eigenvalue weighted by Gasteiger charge is -2.02. The van der Waals surface area contributed by atoms with Crippen molar-refractivity contribution in [3.63, 3.8) is 0 Å². The van der Waals surface area contributed by atoms with Crippen LogP contribution in [0.4, 0.5) is 11.4 Å². The van der Waals surface area contributed by atoms with Crippen LogP contribution in [0.15, 0.2) is 41.2 Å². The first-order valence-electron chi connectivity index (χ1n) is 6.90. The number of aromatic amines is 1. The average molecular weight is 341 g/mol. The monoisotopic (exact) mass is 341 g/mol. The number of nitrogens with one attached hydrogen (secondary N) is 1. The van der Waals surface area contributed by atoms with Crippen LogP contribution in [0.3, 0.4) is 0 Å². The fourth-order valence-corrected chi connectivity index (χ4v) is 2.84. The fraction of sp³-hybridized carbons (Fsp3) is 0. The van der Waals surface area contributed by atoms with Gasteiger partial charge in [0.25, 0.3) is 5.69 Å². The molecule has 4 aromatic rings. The van der Waals surface area contributed by atoms with E-state index in [1.54, 1.807) is 24.3 Å². The van der Waals surface area contributed by atoms with Crippen LogP contribution in [0, 0.1) is 25.4 Å². The van der Waals surface area contributed by atoms with E-state index in [0.29, 0.717) is 16.5 Å². The third kappa shape index (κ3) is 1.99. The summed E-state index contributed by atoms with van der Waals surface area (Å²) < 4.78 is 4.47. The molecule has 0 saturated carbocycles. The zero-order chi connectivity index (χ0) is 17.7. The van der Waals surface area contributed by atoms with Crippen LogP contribution >= 0.6 is 0 Å². The molecule has 2 heterocycles. The first-order chi connectivity index (χ1) is 12.0. The Morgan fingerprint density at radius 3 is 2.56 bits per heavy atom. The normalized spacial score (nSPS) is 11.2. The fourth-order valence-electron chi connectivity index (χ4n) is 2.84. The van der Waals surface area contributed by atoms with Gasteiger partial charge in [-0.05, 0) is 11.0 Å². The summed E-state index contributed by atoms with van der Waals surface area (Å²) in [6, 6.07) is 7.75. The van der Waals surface area contributed by atoms with Gasteiger partial charge in [0.15, 0.2) is 0 Å². The second kappa shape index (κ2) is 4.99. The number of nitrogens with zero attached hydrogens (tertiary/aromatic N) is 4. The number of para-hydroxylation sites is 1. The predicted octanol–water partition coefficient (Wildman–Crippen LogP) is 2.43. The summed E-state index contributed by atoms with van der Waals surface area (Å²) in [6.45, 7) is 0. The second-order valence-corrected chi connectivity index (χ2v) is 5.18. The Balaban J connectivity index is 2.21. The standard InChI is InChI=1S/C14H7N5O6/c20-17(21)10-5-11(18(22)23)13-14(19(24)25-16-13)12(10)8-6-15-9-4-2-1-3-7(8)9/h1-6,15H. The second-order valence-electron chi connectivity index (χ2n) is 5.18. The van der Waals surface area contributed by atoms with Crippen LogP contribution in [0.2, 0.25) is 0 Å². The number of hydrogen-bond donors (Lipinski definition) is 1. The number of H-pyrrole nitrogens is 1. The summed E-state index contributed by atoms with van der Waals surface area (Å²) in [5, 5.41) is 38.7. The molecular weight excluding hydrogens is 334 g/mol. The Kier molecular flexibility index (Phi) is 2.91. The Labute approximate surface area is 136 Å². The summed E-state index contributed by atoms with van der Waals surface area (Å²) in [7, 11) is 0. The summed E-state index contributed by atoms with van der Waals surface area (Å²) in [6.07, 6.45) is 1.49. The molecule has 2 aromatic heterocycles. The highest BCUT2D eigenvalue weighted by Gasteiger charge is 2.35. The van der Waals surface area contributed by atoms with Crippen molar-refractivity contribution in [3.8, 4) is 11.1 Å². The lowest BCUT2D eigenvalue weighted by atomic mass is 10.0. The summed E-state index contributed by atoms with van der Waals surface area (Å²) in [5.74, 6) is 0. The van der Waals surface area contributed by atoms with Crippen LogP contribution in [-0.4, -0.2) is 20.0 Å². The number of rotatable bonds is 3. The number of nitro groups is 2. The largest absolute Gasteiger partial charge is 0.361 e. The van der Waals surface area contributed by atoms with Crippen LogP contribution in [0.5, 0.6) is 0 Å². The first-order valence-corrected chi connectivity index (χ1v) is 6.90. The Morgan fingerprint density at radius 1 is 1.12 bits per heavy atom. The predicted molar refractivity (Wildman–Crippen MR) is 83.6 cm³/mol. The molecule has 25 heavy (non-hydrogen) atoms. The molecule has 2 aromatic carbocycles. The minimum absolute atomic E-state index is 0.0631. The zero-order valence-corrected chi connectivity index (χ0v) is 12.2. The van der Waals surface area contributed by atoms with Gasteiger partial charge in [-0.3, -0.25) is 24.9 Å². The Bertz CT molecular complexity index is 1180. The number of nitro benzene ring substituents is 2. The van der Waals surface area contributed by atoms with Crippen LogP contribution < -0.4 is 4.90 Å². The van der Waals surface area contributed by atoms with E-state index >= 15 is 0 Å². The van der Waals surface area contributed by atoms with Crippen LogP contribution in [0.1, 0.15) is 0 Å². The van der Waals surface area contributed by atoms with Crippen molar-refractivity contribution in [2.75, 3.05) is 0 Å². The van der Waals surface area contributed by atoms with Gasteiger partial charge in [0.05, 0.1) is 21.1 Å². The lowest BCUT2D eigenvalue weighted by Crippen LogP contribution is -2.23. The van der Waals surface area contributed by atoms with Gasteiger partial charge in [-0.2, -0.15) is 0 Å². The number of benzene rings is 2. The maximum atomic E-state index is 12.0. The van der Waals surface area contributed by atoms with E-state index in [1.165, 1.54) is 6.20 Å². The molecular formula is C14H7N5O6. The maximum absolute atomic E-state index is 12.0. The Hall–Kier alpha value is -4.02. The van der Waals surface area contributed by atoms with E-state index in [-0.39, 0.29) is 21.5 Å². The average Bonchev–Trinajstić information content (AvgIpc) is 3.17. The van der Waals surface area contributed by atoms with Gasteiger partial charge in [0.1, 0.15) is 5.56 Å². The summed E-state index contributed by atoms with van der Waals surface area (Å²) in [4.78, 5) is 24.0. The van der Waals surface area contributed by atoms with Crippen molar-refractivity contribution < 1.29 is 19.4 Å². The van der Waals surface area contributed by atoms with E-state index in [9.17, 15) is 25.4 Å². The third-order valence-electron chi connectivity index (χ3n) is 3.87. The van der Waals surface area contributed by atoms with Crippen molar-refractivity contribution in [3.05, 3.63) is 62.0 Å². The van der Waals surface area contributed by atoms with E-state index in [4.69, 9.17) is 0 Å². The van der Waals surface area contributed by atoms with E-state index in [2.05, 4.69) is 14.8 Å². The molecule has 11 heteroatoms. The van der Waals surface area contributed by atoms with Gasteiger partial charge in [0, 0.05) is 22.7 Å². The van der Waals surface area contributed by atoms with Crippen molar-refractivity contribution in [2.24, 2.45) is 0 Å². The quantitative estimate of drug-likeness (QED) is 0.341. The van der Waals surface area contributed by atoms with Gasteiger partial charge in [0.2, 0.25) is 5.52 Å². The third-order valence-corrected chi connectivity index (χ3v) is 3.87. The van der Waals surface area contributed by atoms with E-state index in [0.717, 1.165) is 6.07 Å². The molecule has 0 aliphatic rings. The van der Waals surface area contributed by atoms with Crippen molar-refractivity contribution in [1.82, 2.24) is 10.1 Å². The van der Waals surface area contributed by atoms with Gasteiger partial charge < -0.3 is 10.2 Å². The number of fused-ring (bicyclic) bond motifs is 2. The highest BCUT2D eigenvalue weighted by molar-refractivity contribution is 6.07. The molecule has 0 fully saturated rings. The van der Waals surface area contributed by atoms with Crippen LogP contribution in [-0.2, 0) is 0 Å². The number of hydrogen-bond acceptors (Lipinski definition) is 7. The van der Waals surface area contributed by atoms with Gasteiger partial charge in [-0.1, -0.05) is 18.2 Å². The molecule has 0 atom stereocenters. The molecule has 0 aliphatic carbocycles. The summed E-state index contributed by atoms with van der Waals surface area (Å²) >= 11 is 0. The highest BCUT2D eigenvalue weighted by atomic mass is 16.8. The topological polar surface area (TPSA) is 155 Å². The lowest BCUT2D eigenvalue weighted by molar-refractivity contribution is -0.782. The van der Waals surface area contributed by atoms with Crippen LogP contribution in [0.25, 0.3) is 33.1 Å². The van der Waals surface area contributed by atoms with E-state index in [1.807, 2.05) is 0 Å². The van der Waals surface area contributed by atoms with Crippen molar-refractivity contribution >= 4 is 33.3 Å². The number of non-ortho nitro benzene ring substituents is 1. The molecule has 0 radical (unpaired) electrons. The smallest absolute Gasteiger partial charge is 0.333 e. The molecule has 0 amide bonds. The SMILES string of the molecule is O=[N+]([O-])c1cc([N+](=O)[O-])c2no[n+]([O-])c2c1-c1c[nH]c2ccccc12. The number of aromatic nitrogens is 3. The first kappa shape index (κ1) is 14.6. The molecule has 11 nitrogen and oxygen atoms in total. The molecule has 0 spiro atoms. The minimum atomic E-state index is -0.850. The van der Waals surface area contributed by atoms with E-state index < -0.39 is 21.2 Å². The Morgan fingerprint density at radius 2 is 1.84 bits per heavy atom. The molecule has 1 N–H and O–H groups in total. The van der Waals surface area contributed by atoms with Crippen molar-refractivity contribution in [2.45, 2.75) is 0 Å². The molecule has 124 valence electrons. The zero-order valence-electron chi connectivity index (χ0n) is 12.2. The van der Waals surface area contributed by atoms with Gasteiger partial charge in [-0.15, -0.1) is 0 Å². The molecule has 4 rings (SSSR count). The van der Waals surface area contributed by atoms with Gasteiger partial charge in [-0.25, -0.2) is 0 Å². The summed E-state index contributed by atoms with van der Waals surface area (Å²) in [5.41, 5.74) is -1.06. The highest BCUT2D eigenvalue weighted by Crippen LogP contribution is 2.42. The van der Waals surface area contributed by atoms with Crippen molar-refractivity contribution in [1.29, 1.82) is 0 Å². The molecule has 0 aliphatic heterocycles. The molecule has 0 unspecified atom stereocenters. The minimum Gasteiger partial charge on any atom is -0.361 e. The molecule has 0 bridgehead atoms. The molecule has 0 saturated heterocycles.